The number of rotatable bonds is 12. The van der Waals surface area contributed by atoms with Gasteiger partial charge in [-0.3, -0.25) is 9.59 Å². The van der Waals surface area contributed by atoms with Crippen molar-refractivity contribution in [2.24, 2.45) is 4.99 Å². The van der Waals surface area contributed by atoms with Gasteiger partial charge in [-0.15, -0.1) is 0 Å². The molecule has 0 heterocycles. The minimum Gasteiger partial charge on any atom is -0.301 e. The van der Waals surface area contributed by atoms with Crippen LogP contribution in [0.2, 0.25) is 0 Å². The van der Waals surface area contributed by atoms with Gasteiger partial charge in [-0.1, -0.05) is 24.3 Å². The van der Waals surface area contributed by atoms with Gasteiger partial charge in [0, 0.05) is 13.0 Å². The molecule has 0 aliphatic carbocycles. The maximum Gasteiger partial charge on any atom is 0.188 e. The highest BCUT2D eigenvalue weighted by atomic mass is 32.2. The molecule has 5 nitrogen and oxygen atoms in total. The first-order valence-corrected chi connectivity index (χ1v) is 9.85. The lowest BCUT2D eigenvalue weighted by Crippen LogP contribution is -2.30. The number of hydrogen-bond donors (Lipinski definition) is 0. The number of carbonyl (C=O) groups is 2. The third-order valence-electron chi connectivity index (χ3n) is 3.73. The average Bonchev–Trinajstić information content (AvgIpc) is 2.58. The molecular formula is C19H25NO4S. The van der Waals surface area contributed by atoms with Crippen LogP contribution in [0.15, 0.2) is 52.4 Å². The summed E-state index contributed by atoms with van der Waals surface area (Å²) in [5.74, 6) is -0.336. The van der Waals surface area contributed by atoms with Gasteiger partial charge in [-0.25, -0.2) is 8.42 Å². The zero-order chi connectivity index (χ0) is 18.7. The van der Waals surface area contributed by atoms with Crippen LogP contribution in [0.25, 0.3) is 0 Å². The van der Waals surface area contributed by atoms with E-state index in [2.05, 4.69) is 11.7 Å². The zero-order valence-electron chi connectivity index (χ0n) is 14.6. The van der Waals surface area contributed by atoms with Crippen molar-refractivity contribution in [3.05, 3.63) is 42.5 Å². The van der Waals surface area contributed by atoms with E-state index in [0.29, 0.717) is 25.8 Å². The number of carbonyl (C=O) groups excluding carboxylic acids is 2. The number of Topliss-reactive ketones (excluding diaryl/α,β-unsaturated/α-hetero) is 1. The molecule has 0 aromatic heterocycles. The summed E-state index contributed by atoms with van der Waals surface area (Å²) in [5, 5.41) is -1.06. The second-order valence-electron chi connectivity index (χ2n) is 5.81. The van der Waals surface area contributed by atoms with Crippen molar-refractivity contribution in [1.29, 1.82) is 0 Å². The predicted octanol–water partition coefficient (Wildman–Crippen LogP) is 3.19. The van der Waals surface area contributed by atoms with E-state index < -0.39 is 15.1 Å². The summed E-state index contributed by atoms with van der Waals surface area (Å²) >= 11 is 0. The second-order valence-corrected chi connectivity index (χ2v) is 7.94. The molecular weight excluding hydrogens is 338 g/mol. The van der Waals surface area contributed by atoms with Crippen LogP contribution in [-0.2, 0) is 19.4 Å². The van der Waals surface area contributed by atoms with Crippen LogP contribution in [0.3, 0.4) is 0 Å². The number of ketones is 2. The van der Waals surface area contributed by atoms with E-state index in [1.165, 1.54) is 25.1 Å². The van der Waals surface area contributed by atoms with Gasteiger partial charge in [0.15, 0.2) is 21.4 Å². The molecule has 1 atom stereocenters. The van der Waals surface area contributed by atoms with E-state index in [0.717, 1.165) is 0 Å². The molecule has 0 aliphatic rings. The molecule has 0 saturated heterocycles. The van der Waals surface area contributed by atoms with Gasteiger partial charge in [0.1, 0.15) is 5.25 Å². The van der Waals surface area contributed by atoms with E-state index >= 15 is 0 Å². The maximum atomic E-state index is 12.8. The molecule has 0 aliphatic heterocycles. The SMILES string of the molecule is C=NCCCC(C(=O)CCC/C=C/C(C)=O)S(=O)(=O)c1ccccc1. The van der Waals surface area contributed by atoms with Crippen molar-refractivity contribution >= 4 is 28.1 Å². The summed E-state index contributed by atoms with van der Waals surface area (Å²) in [7, 11) is -3.72. The number of allylic oxidation sites excluding steroid dienone is 2. The first-order chi connectivity index (χ1) is 11.9. The number of hydrogen-bond acceptors (Lipinski definition) is 5. The molecule has 1 aromatic carbocycles. The molecule has 0 spiro atoms. The summed E-state index contributed by atoms with van der Waals surface area (Å²) in [5.41, 5.74) is 0. The normalized spacial score (nSPS) is 12.8. The maximum absolute atomic E-state index is 12.8. The van der Waals surface area contributed by atoms with Gasteiger partial charge in [0.2, 0.25) is 0 Å². The molecule has 0 radical (unpaired) electrons. The molecule has 6 heteroatoms. The third kappa shape index (κ3) is 7.13. The Bertz CT molecular complexity index is 708. The first kappa shape index (κ1) is 21.0. The fourth-order valence-corrected chi connectivity index (χ4v) is 4.26. The Morgan fingerprint density at radius 3 is 2.48 bits per heavy atom. The van der Waals surface area contributed by atoms with E-state index in [1.807, 2.05) is 0 Å². The highest BCUT2D eigenvalue weighted by Crippen LogP contribution is 2.22. The summed E-state index contributed by atoms with van der Waals surface area (Å²) in [6.07, 6.45) is 5.15. The van der Waals surface area contributed by atoms with Crippen molar-refractivity contribution < 1.29 is 18.0 Å². The van der Waals surface area contributed by atoms with Gasteiger partial charge in [-0.05, 0) is 57.5 Å². The fourth-order valence-electron chi connectivity index (χ4n) is 2.46. The molecule has 1 rings (SSSR count). The smallest absolute Gasteiger partial charge is 0.188 e. The van der Waals surface area contributed by atoms with Crippen molar-refractivity contribution in [3.63, 3.8) is 0 Å². The Balaban J connectivity index is 2.83. The van der Waals surface area contributed by atoms with Gasteiger partial charge >= 0.3 is 0 Å². The number of benzene rings is 1. The highest BCUT2D eigenvalue weighted by Gasteiger charge is 2.32. The monoisotopic (exact) mass is 363 g/mol. The average molecular weight is 363 g/mol. The Hall–Kier alpha value is -2.08. The van der Waals surface area contributed by atoms with E-state index in [4.69, 9.17) is 0 Å². The molecule has 0 saturated carbocycles. The van der Waals surface area contributed by atoms with Crippen LogP contribution in [0, 0.1) is 0 Å². The topological polar surface area (TPSA) is 80.6 Å². The second kappa shape index (κ2) is 10.7. The van der Waals surface area contributed by atoms with Crippen LogP contribution < -0.4 is 0 Å². The standard InChI is InChI=1S/C19H25NO4S/c1-16(21)10-5-3-8-13-18(22)19(14-9-15-20-2)25(23,24)17-11-6-4-7-12-17/h4-7,10-12,19H,2-3,8-9,13-15H2,1H3/b10-5+. The van der Waals surface area contributed by atoms with Gasteiger partial charge in [-0.2, -0.15) is 0 Å². The molecule has 0 N–H and O–H groups in total. The lowest BCUT2D eigenvalue weighted by Gasteiger charge is -2.16. The van der Waals surface area contributed by atoms with Crippen LogP contribution in [0.5, 0.6) is 0 Å². The van der Waals surface area contributed by atoms with Crippen LogP contribution in [0.1, 0.15) is 39.0 Å². The fraction of sp³-hybridized carbons (Fsp3) is 0.421. The van der Waals surface area contributed by atoms with Crippen LogP contribution >= 0.6 is 0 Å². The number of sulfone groups is 1. The van der Waals surface area contributed by atoms with E-state index in [1.54, 1.807) is 24.3 Å². The molecule has 25 heavy (non-hydrogen) atoms. The minimum atomic E-state index is -3.72. The number of unbranched alkanes of at least 4 members (excludes halogenated alkanes) is 1. The molecule has 0 amide bonds. The summed E-state index contributed by atoms with van der Waals surface area (Å²) in [6.45, 7) is 5.27. The van der Waals surface area contributed by atoms with Crippen LogP contribution in [0.4, 0.5) is 0 Å². The van der Waals surface area contributed by atoms with Crippen LogP contribution in [-0.4, -0.2) is 38.5 Å². The molecule has 0 fully saturated rings. The van der Waals surface area contributed by atoms with Crippen molar-refractivity contribution in [1.82, 2.24) is 0 Å². The summed E-state index contributed by atoms with van der Waals surface area (Å²) < 4.78 is 25.6. The molecule has 1 aromatic rings. The summed E-state index contributed by atoms with van der Waals surface area (Å²) in [6, 6.07) is 8.05. The Morgan fingerprint density at radius 1 is 1.20 bits per heavy atom. The zero-order valence-corrected chi connectivity index (χ0v) is 15.4. The third-order valence-corrected chi connectivity index (χ3v) is 5.91. The highest BCUT2D eigenvalue weighted by molar-refractivity contribution is 7.92. The van der Waals surface area contributed by atoms with Crippen molar-refractivity contribution in [2.75, 3.05) is 6.54 Å². The van der Waals surface area contributed by atoms with Gasteiger partial charge in [0.05, 0.1) is 4.90 Å². The molecule has 136 valence electrons. The largest absolute Gasteiger partial charge is 0.301 e. The quantitative estimate of drug-likeness (QED) is 0.324. The molecule has 1 unspecified atom stereocenters. The van der Waals surface area contributed by atoms with E-state index in [9.17, 15) is 18.0 Å². The van der Waals surface area contributed by atoms with E-state index in [-0.39, 0.29) is 29.3 Å². The van der Waals surface area contributed by atoms with Crippen molar-refractivity contribution in [2.45, 2.75) is 49.2 Å². The Morgan fingerprint density at radius 2 is 1.88 bits per heavy atom. The summed E-state index contributed by atoms with van der Waals surface area (Å²) in [4.78, 5) is 27.3. The van der Waals surface area contributed by atoms with Gasteiger partial charge < -0.3 is 4.99 Å². The first-order valence-electron chi connectivity index (χ1n) is 8.31. The minimum absolute atomic E-state index is 0.0483. The lowest BCUT2D eigenvalue weighted by atomic mass is 10.1. The van der Waals surface area contributed by atoms with Gasteiger partial charge in [0.25, 0.3) is 0 Å². The molecule has 0 bridgehead atoms. The lowest BCUT2D eigenvalue weighted by molar-refractivity contribution is -0.119. The number of nitrogens with zero attached hydrogens (tertiary/aromatic N) is 1. The number of aliphatic imine (C=N–C) groups is 1. The predicted molar refractivity (Wildman–Crippen MR) is 99.7 cm³/mol. The Kier molecular flexibility index (Phi) is 8.99. The Labute approximate surface area is 149 Å². The van der Waals surface area contributed by atoms with Crippen molar-refractivity contribution in [3.8, 4) is 0 Å².